The molecule has 2 N–H and O–H groups in total. The zero-order valence-corrected chi connectivity index (χ0v) is 10.7. The van der Waals surface area contributed by atoms with E-state index in [4.69, 9.17) is 9.52 Å². The van der Waals surface area contributed by atoms with Gasteiger partial charge >= 0.3 is 5.97 Å². The number of hydrogen-bond acceptors (Lipinski definition) is 3. The van der Waals surface area contributed by atoms with Gasteiger partial charge in [0.25, 0.3) is 0 Å². The predicted molar refractivity (Wildman–Crippen MR) is 66.1 cm³/mol. The molecule has 4 heteroatoms. The van der Waals surface area contributed by atoms with Gasteiger partial charge in [0, 0.05) is 17.6 Å². The van der Waals surface area contributed by atoms with Crippen LogP contribution < -0.4 is 5.32 Å². The summed E-state index contributed by atoms with van der Waals surface area (Å²) in [5.41, 5.74) is 0.796. The highest BCUT2D eigenvalue weighted by atomic mass is 16.4. The van der Waals surface area contributed by atoms with Gasteiger partial charge in [-0.1, -0.05) is 20.8 Å². The molecular formula is C13H21NO3. The van der Waals surface area contributed by atoms with Crippen molar-refractivity contribution in [3.8, 4) is 0 Å². The van der Waals surface area contributed by atoms with Crippen LogP contribution >= 0.6 is 0 Å². The zero-order chi connectivity index (χ0) is 12.9. The molecule has 0 bridgehead atoms. The molecule has 0 unspecified atom stereocenters. The Labute approximate surface area is 102 Å². The lowest BCUT2D eigenvalue weighted by Crippen LogP contribution is -2.43. The van der Waals surface area contributed by atoms with E-state index in [2.05, 4.69) is 26.1 Å². The summed E-state index contributed by atoms with van der Waals surface area (Å²) in [5.74, 6) is -0.975. The Hall–Kier alpha value is -1.29. The van der Waals surface area contributed by atoms with E-state index in [1.54, 1.807) is 6.07 Å². The van der Waals surface area contributed by atoms with Crippen molar-refractivity contribution in [3.05, 3.63) is 23.7 Å². The first-order valence-electron chi connectivity index (χ1n) is 6.13. The van der Waals surface area contributed by atoms with Crippen LogP contribution in [0, 0.1) is 0 Å². The average molecular weight is 239 g/mol. The van der Waals surface area contributed by atoms with Gasteiger partial charge in [-0.25, -0.2) is 4.79 Å². The summed E-state index contributed by atoms with van der Waals surface area (Å²) in [6, 6.07) is 1.71. The van der Waals surface area contributed by atoms with Crippen LogP contribution in [0.15, 0.2) is 16.7 Å². The number of furan rings is 1. The number of carbonyl (C=O) groups is 1. The molecule has 0 aliphatic rings. The van der Waals surface area contributed by atoms with E-state index in [0.29, 0.717) is 12.1 Å². The maximum atomic E-state index is 10.9. The molecule has 1 heterocycles. The monoisotopic (exact) mass is 239 g/mol. The smallest absolute Gasteiger partial charge is 0.372 e. The lowest BCUT2D eigenvalue weighted by molar-refractivity contribution is 0.0660. The van der Waals surface area contributed by atoms with E-state index in [1.165, 1.54) is 6.26 Å². The molecule has 0 aromatic carbocycles. The first-order chi connectivity index (χ1) is 8.08. The van der Waals surface area contributed by atoms with Gasteiger partial charge < -0.3 is 14.8 Å². The van der Waals surface area contributed by atoms with Crippen molar-refractivity contribution < 1.29 is 14.3 Å². The van der Waals surface area contributed by atoms with E-state index in [-0.39, 0.29) is 11.3 Å². The Kier molecular flexibility index (Phi) is 4.75. The van der Waals surface area contributed by atoms with Crippen LogP contribution in [-0.4, -0.2) is 16.6 Å². The molecule has 1 aromatic rings. The van der Waals surface area contributed by atoms with Gasteiger partial charge in [0.2, 0.25) is 5.76 Å². The number of carboxylic acids is 1. The van der Waals surface area contributed by atoms with E-state index >= 15 is 0 Å². The Morgan fingerprint density at radius 2 is 1.94 bits per heavy atom. The van der Waals surface area contributed by atoms with Crippen LogP contribution in [0.4, 0.5) is 0 Å². The first-order valence-corrected chi connectivity index (χ1v) is 6.13. The third-order valence-corrected chi connectivity index (χ3v) is 3.63. The molecule has 0 radical (unpaired) electrons. The van der Waals surface area contributed by atoms with Crippen molar-refractivity contribution in [1.82, 2.24) is 5.32 Å². The minimum Gasteiger partial charge on any atom is -0.475 e. The topological polar surface area (TPSA) is 62.5 Å². The molecule has 0 amide bonds. The average Bonchev–Trinajstić information content (AvgIpc) is 2.80. The molecule has 0 saturated heterocycles. The van der Waals surface area contributed by atoms with Gasteiger partial charge in [-0.3, -0.25) is 0 Å². The van der Waals surface area contributed by atoms with Gasteiger partial charge in [-0.2, -0.15) is 0 Å². The lowest BCUT2D eigenvalue weighted by atomic mass is 9.89. The Morgan fingerprint density at radius 3 is 2.41 bits per heavy atom. The third-order valence-electron chi connectivity index (χ3n) is 3.63. The summed E-state index contributed by atoms with van der Waals surface area (Å²) < 4.78 is 4.95. The molecule has 17 heavy (non-hydrogen) atoms. The summed E-state index contributed by atoms with van der Waals surface area (Å²) >= 11 is 0. The van der Waals surface area contributed by atoms with Crippen molar-refractivity contribution in [3.63, 3.8) is 0 Å². The first kappa shape index (κ1) is 13.8. The maximum absolute atomic E-state index is 10.9. The second kappa shape index (κ2) is 5.87. The molecule has 0 saturated carbocycles. The van der Waals surface area contributed by atoms with Crippen molar-refractivity contribution in [2.45, 2.75) is 52.1 Å². The largest absolute Gasteiger partial charge is 0.475 e. The second-order valence-corrected chi connectivity index (χ2v) is 4.27. The summed E-state index contributed by atoms with van der Waals surface area (Å²) in [6.07, 6.45) is 4.51. The standard InChI is InChI=1S/C13H21NO3/c1-4-13(5-2,6-3)14-9-10-7-8-17-11(10)12(15)16/h7-8,14H,4-6,9H2,1-3H3,(H,15,16). The Bertz CT molecular complexity index is 358. The fourth-order valence-corrected chi connectivity index (χ4v) is 2.07. The lowest BCUT2D eigenvalue weighted by Gasteiger charge is -2.32. The highest BCUT2D eigenvalue weighted by Gasteiger charge is 2.24. The van der Waals surface area contributed by atoms with Crippen molar-refractivity contribution >= 4 is 5.97 Å². The predicted octanol–water partition coefficient (Wildman–Crippen LogP) is 3.04. The minimum absolute atomic E-state index is 0.0368. The summed E-state index contributed by atoms with van der Waals surface area (Å²) in [4.78, 5) is 10.9. The number of carboxylic acid groups (broad SMARTS) is 1. The molecule has 1 rings (SSSR count). The van der Waals surface area contributed by atoms with Crippen LogP contribution in [-0.2, 0) is 6.54 Å². The molecule has 0 atom stereocenters. The van der Waals surface area contributed by atoms with Gasteiger partial charge in [0.15, 0.2) is 0 Å². The second-order valence-electron chi connectivity index (χ2n) is 4.27. The highest BCUT2D eigenvalue weighted by Crippen LogP contribution is 2.21. The van der Waals surface area contributed by atoms with Crippen molar-refractivity contribution in [2.75, 3.05) is 0 Å². The molecule has 0 aliphatic heterocycles. The minimum atomic E-state index is -1.01. The number of rotatable bonds is 7. The van der Waals surface area contributed by atoms with E-state index < -0.39 is 5.97 Å². The SMILES string of the molecule is CCC(CC)(CC)NCc1ccoc1C(=O)O. The molecule has 0 aliphatic carbocycles. The summed E-state index contributed by atoms with van der Waals surface area (Å²) in [5, 5.41) is 12.4. The molecule has 4 nitrogen and oxygen atoms in total. The highest BCUT2D eigenvalue weighted by molar-refractivity contribution is 5.86. The number of nitrogens with one attached hydrogen (secondary N) is 1. The van der Waals surface area contributed by atoms with E-state index in [1.807, 2.05) is 0 Å². The third kappa shape index (κ3) is 3.09. The van der Waals surface area contributed by atoms with Gasteiger partial charge in [-0.05, 0) is 25.3 Å². The molecule has 1 aromatic heterocycles. The Morgan fingerprint density at radius 1 is 1.35 bits per heavy atom. The maximum Gasteiger partial charge on any atom is 0.372 e. The van der Waals surface area contributed by atoms with Gasteiger partial charge in [-0.15, -0.1) is 0 Å². The van der Waals surface area contributed by atoms with E-state index in [0.717, 1.165) is 19.3 Å². The van der Waals surface area contributed by atoms with Crippen molar-refractivity contribution in [2.24, 2.45) is 0 Å². The fourth-order valence-electron chi connectivity index (χ4n) is 2.07. The molecule has 96 valence electrons. The van der Waals surface area contributed by atoms with Crippen LogP contribution in [0.1, 0.15) is 56.2 Å². The number of hydrogen-bond donors (Lipinski definition) is 2. The van der Waals surface area contributed by atoms with Crippen LogP contribution in [0.5, 0.6) is 0 Å². The summed E-state index contributed by atoms with van der Waals surface area (Å²) in [6.45, 7) is 6.97. The molecule has 0 spiro atoms. The van der Waals surface area contributed by atoms with Crippen molar-refractivity contribution in [1.29, 1.82) is 0 Å². The fraction of sp³-hybridized carbons (Fsp3) is 0.615. The normalized spacial score (nSPS) is 11.7. The Balaban J connectivity index is 2.72. The van der Waals surface area contributed by atoms with Gasteiger partial charge in [0.05, 0.1) is 6.26 Å². The molecular weight excluding hydrogens is 218 g/mol. The zero-order valence-electron chi connectivity index (χ0n) is 10.7. The van der Waals surface area contributed by atoms with Gasteiger partial charge in [0.1, 0.15) is 0 Å². The number of aromatic carboxylic acids is 1. The summed E-state index contributed by atoms with van der Waals surface area (Å²) in [7, 11) is 0. The molecule has 0 fully saturated rings. The van der Waals surface area contributed by atoms with Crippen LogP contribution in [0.2, 0.25) is 0 Å². The quantitative estimate of drug-likeness (QED) is 0.767. The van der Waals surface area contributed by atoms with E-state index in [9.17, 15) is 4.79 Å². The van der Waals surface area contributed by atoms with Crippen LogP contribution in [0.3, 0.4) is 0 Å². The van der Waals surface area contributed by atoms with Crippen LogP contribution in [0.25, 0.3) is 0 Å².